The number of hydrogen-bond donors (Lipinski definition) is 1. The van der Waals surface area contributed by atoms with E-state index in [9.17, 15) is 13.2 Å². The molecule has 20 heavy (non-hydrogen) atoms. The molecule has 1 N–H and O–H groups in total. The van der Waals surface area contributed by atoms with Gasteiger partial charge in [0.1, 0.15) is 5.75 Å². The highest BCUT2D eigenvalue weighted by Gasteiger charge is 2.26. The highest BCUT2D eigenvalue weighted by molar-refractivity contribution is 9.10. The van der Waals surface area contributed by atoms with Gasteiger partial charge in [0.2, 0.25) is 0 Å². The Labute approximate surface area is 125 Å². The van der Waals surface area contributed by atoms with Crippen LogP contribution in [-0.4, -0.2) is 19.3 Å². The molecule has 0 bridgehead atoms. The molecule has 2 nitrogen and oxygen atoms in total. The van der Waals surface area contributed by atoms with Crippen LogP contribution in [0.2, 0.25) is 0 Å². The van der Waals surface area contributed by atoms with E-state index in [-0.39, 0.29) is 13.0 Å². The summed E-state index contributed by atoms with van der Waals surface area (Å²) in [5.74, 6) is 0.638. The smallest absolute Gasteiger partial charge is 0.389 e. The zero-order valence-corrected chi connectivity index (χ0v) is 13.0. The zero-order valence-electron chi connectivity index (χ0n) is 11.4. The largest absolute Gasteiger partial charge is 0.493 e. The zero-order chi connectivity index (χ0) is 15.0. The topological polar surface area (TPSA) is 21.3 Å². The van der Waals surface area contributed by atoms with Crippen molar-refractivity contribution in [3.05, 3.63) is 28.2 Å². The maximum atomic E-state index is 12.0. The van der Waals surface area contributed by atoms with Crippen LogP contribution >= 0.6 is 15.9 Å². The summed E-state index contributed by atoms with van der Waals surface area (Å²) in [6.45, 7) is 3.67. The fourth-order valence-corrected chi connectivity index (χ4v) is 2.09. The van der Waals surface area contributed by atoms with Crippen molar-refractivity contribution in [2.75, 3.05) is 13.2 Å². The van der Waals surface area contributed by atoms with E-state index in [2.05, 4.69) is 28.2 Å². The van der Waals surface area contributed by atoms with E-state index < -0.39 is 12.6 Å². The molecule has 1 aromatic rings. The SMILES string of the molecule is CCCNCc1cc(Br)ccc1OCCCC(F)(F)F. The van der Waals surface area contributed by atoms with Crippen molar-refractivity contribution in [2.24, 2.45) is 0 Å². The second kappa shape index (κ2) is 8.52. The second-order valence-corrected chi connectivity index (χ2v) is 5.41. The third kappa shape index (κ3) is 7.14. The molecular formula is C14H19BrF3NO. The number of rotatable bonds is 8. The normalized spacial score (nSPS) is 11.7. The first-order valence-electron chi connectivity index (χ1n) is 6.61. The second-order valence-electron chi connectivity index (χ2n) is 4.50. The van der Waals surface area contributed by atoms with E-state index in [0.29, 0.717) is 12.3 Å². The summed E-state index contributed by atoms with van der Waals surface area (Å²) in [5, 5.41) is 3.25. The van der Waals surface area contributed by atoms with Gasteiger partial charge in [0.25, 0.3) is 0 Å². The molecule has 0 heterocycles. The maximum Gasteiger partial charge on any atom is 0.389 e. The molecule has 0 atom stereocenters. The van der Waals surface area contributed by atoms with Crippen LogP contribution in [0.3, 0.4) is 0 Å². The fourth-order valence-electron chi connectivity index (χ4n) is 1.68. The lowest BCUT2D eigenvalue weighted by atomic mass is 10.2. The Morgan fingerprint density at radius 3 is 2.70 bits per heavy atom. The van der Waals surface area contributed by atoms with E-state index in [0.717, 1.165) is 23.0 Å². The fraction of sp³-hybridized carbons (Fsp3) is 0.571. The van der Waals surface area contributed by atoms with Crippen LogP contribution in [0.25, 0.3) is 0 Å². The van der Waals surface area contributed by atoms with Crippen molar-refractivity contribution < 1.29 is 17.9 Å². The first-order valence-corrected chi connectivity index (χ1v) is 7.40. The molecule has 0 amide bonds. The average molecular weight is 354 g/mol. The van der Waals surface area contributed by atoms with Gasteiger partial charge < -0.3 is 10.1 Å². The predicted molar refractivity (Wildman–Crippen MR) is 76.9 cm³/mol. The molecule has 6 heteroatoms. The number of halogens is 4. The molecule has 0 spiro atoms. The third-order valence-corrected chi connectivity index (χ3v) is 3.12. The van der Waals surface area contributed by atoms with E-state index in [4.69, 9.17) is 4.74 Å². The first kappa shape index (κ1) is 17.3. The minimum Gasteiger partial charge on any atom is -0.493 e. The molecule has 0 aliphatic heterocycles. The lowest BCUT2D eigenvalue weighted by molar-refractivity contribution is -0.136. The van der Waals surface area contributed by atoms with E-state index in [1.807, 2.05) is 12.1 Å². The summed E-state index contributed by atoms with van der Waals surface area (Å²) in [4.78, 5) is 0. The Morgan fingerprint density at radius 1 is 1.30 bits per heavy atom. The number of alkyl halides is 3. The van der Waals surface area contributed by atoms with Gasteiger partial charge in [-0.15, -0.1) is 0 Å². The summed E-state index contributed by atoms with van der Waals surface area (Å²) in [6.07, 6.45) is -3.93. The summed E-state index contributed by atoms with van der Waals surface area (Å²) in [5.41, 5.74) is 0.944. The Hall–Kier alpha value is -0.750. The number of ether oxygens (including phenoxy) is 1. The quantitative estimate of drug-likeness (QED) is 0.685. The minimum absolute atomic E-state index is 0.0264. The van der Waals surface area contributed by atoms with Crippen LogP contribution in [-0.2, 0) is 6.54 Å². The van der Waals surface area contributed by atoms with Crippen molar-refractivity contribution in [3.63, 3.8) is 0 Å². The molecule has 1 rings (SSSR count). The molecule has 0 saturated carbocycles. The lowest BCUT2D eigenvalue weighted by Gasteiger charge is -2.13. The molecule has 0 unspecified atom stereocenters. The molecule has 0 fully saturated rings. The average Bonchev–Trinajstić information content (AvgIpc) is 2.36. The van der Waals surface area contributed by atoms with Gasteiger partial charge in [-0.3, -0.25) is 0 Å². The molecule has 1 aromatic carbocycles. The summed E-state index contributed by atoms with van der Waals surface area (Å²) < 4.78 is 42.5. The molecule has 0 saturated heterocycles. The summed E-state index contributed by atoms with van der Waals surface area (Å²) in [6, 6.07) is 5.52. The van der Waals surface area contributed by atoms with Crippen molar-refractivity contribution >= 4 is 15.9 Å². The van der Waals surface area contributed by atoms with E-state index in [1.54, 1.807) is 6.07 Å². The molecule has 0 aromatic heterocycles. The van der Waals surface area contributed by atoms with Gasteiger partial charge in [-0.2, -0.15) is 13.2 Å². The van der Waals surface area contributed by atoms with Gasteiger partial charge in [-0.1, -0.05) is 22.9 Å². The van der Waals surface area contributed by atoms with Crippen LogP contribution in [0.1, 0.15) is 31.7 Å². The van der Waals surface area contributed by atoms with Crippen molar-refractivity contribution in [2.45, 2.75) is 38.9 Å². The van der Waals surface area contributed by atoms with Crippen LogP contribution < -0.4 is 10.1 Å². The first-order chi connectivity index (χ1) is 9.42. The minimum atomic E-state index is -4.12. The Morgan fingerprint density at radius 2 is 2.05 bits per heavy atom. The van der Waals surface area contributed by atoms with Crippen molar-refractivity contribution in [1.82, 2.24) is 5.32 Å². The molecule has 0 aliphatic rings. The summed E-state index contributed by atoms with van der Waals surface area (Å²) in [7, 11) is 0. The Bertz CT molecular complexity index is 410. The van der Waals surface area contributed by atoms with Crippen LogP contribution in [0, 0.1) is 0 Å². The predicted octanol–water partition coefficient (Wildman–Crippen LogP) is 4.67. The van der Waals surface area contributed by atoms with Crippen molar-refractivity contribution in [1.29, 1.82) is 0 Å². The van der Waals surface area contributed by atoms with Gasteiger partial charge in [0.15, 0.2) is 0 Å². The third-order valence-electron chi connectivity index (χ3n) is 2.63. The number of benzene rings is 1. The molecule has 0 radical (unpaired) electrons. The van der Waals surface area contributed by atoms with Gasteiger partial charge in [0.05, 0.1) is 6.61 Å². The summed E-state index contributed by atoms with van der Waals surface area (Å²) >= 11 is 3.38. The van der Waals surface area contributed by atoms with Gasteiger partial charge in [0, 0.05) is 23.0 Å². The lowest BCUT2D eigenvalue weighted by Crippen LogP contribution is -2.15. The molecular weight excluding hydrogens is 335 g/mol. The van der Waals surface area contributed by atoms with Gasteiger partial charge in [-0.25, -0.2) is 0 Å². The standard InChI is InChI=1S/C14H19BrF3NO/c1-2-7-19-10-11-9-12(15)4-5-13(11)20-8-3-6-14(16,17)18/h4-5,9,19H,2-3,6-8,10H2,1H3. The van der Waals surface area contributed by atoms with Crippen LogP contribution in [0.5, 0.6) is 5.75 Å². The highest BCUT2D eigenvalue weighted by Crippen LogP contribution is 2.25. The molecule has 114 valence electrons. The van der Waals surface area contributed by atoms with Gasteiger partial charge in [-0.05, 0) is 37.6 Å². The van der Waals surface area contributed by atoms with Crippen molar-refractivity contribution in [3.8, 4) is 5.75 Å². The Kier molecular flexibility index (Phi) is 7.37. The highest BCUT2D eigenvalue weighted by atomic mass is 79.9. The van der Waals surface area contributed by atoms with E-state index in [1.165, 1.54) is 0 Å². The monoisotopic (exact) mass is 353 g/mol. The maximum absolute atomic E-state index is 12.0. The molecule has 0 aliphatic carbocycles. The van der Waals surface area contributed by atoms with Crippen LogP contribution in [0.4, 0.5) is 13.2 Å². The van der Waals surface area contributed by atoms with E-state index >= 15 is 0 Å². The number of hydrogen-bond acceptors (Lipinski definition) is 2. The Balaban J connectivity index is 2.51. The number of nitrogens with one attached hydrogen (secondary N) is 1. The van der Waals surface area contributed by atoms with Crippen LogP contribution in [0.15, 0.2) is 22.7 Å². The van der Waals surface area contributed by atoms with Gasteiger partial charge >= 0.3 is 6.18 Å².